The van der Waals surface area contributed by atoms with Gasteiger partial charge in [0.25, 0.3) is 5.91 Å². The first-order chi connectivity index (χ1) is 8.40. The Kier molecular flexibility index (Phi) is 3.41. The maximum Gasteiger partial charge on any atom is 0.253 e. The van der Waals surface area contributed by atoms with Gasteiger partial charge in [-0.15, -0.1) is 0 Å². The van der Waals surface area contributed by atoms with E-state index >= 15 is 0 Å². The molecule has 0 heterocycles. The lowest BCUT2D eigenvalue weighted by atomic mass is 10.2. The Bertz CT molecular complexity index is 562. The molecule has 2 rings (SSSR count). The van der Waals surface area contributed by atoms with Crippen LogP contribution in [0.4, 0.5) is 0 Å². The van der Waals surface area contributed by atoms with Crippen LogP contribution in [0.5, 0.6) is 0 Å². The lowest BCUT2D eigenvalue weighted by Gasteiger charge is -2.11. The summed E-state index contributed by atoms with van der Waals surface area (Å²) in [5, 5.41) is 0. The van der Waals surface area contributed by atoms with Gasteiger partial charge < -0.3 is 4.90 Å². The molecule has 1 aliphatic carbocycles. The molecule has 0 unspecified atom stereocenters. The summed E-state index contributed by atoms with van der Waals surface area (Å²) in [5.74, 6) is -0.210. The number of carbonyl (C=O) groups excluding carboxylic acids is 1. The third-order valence-corrected chi connectivity index (χ3v) is 4.21. The molecule has 98 valence electrons. The number of benzene rings is 1. The van der Waals surface area contributed by atoms with Crippen LogP contribution in [0.3, 0.4) is 0 Å². The Morgan fingerprint density at radius 1 is 1.33 bits per heavy atom. The van der Waals surface area contributed by atoms with Crippen LogP contribution in [0.15, 0.2) is 29.2 Å². The lowest BCUT2D eigenvalue weighted by molar-refractivity contribution is 0.0827. The summed E-state index contributed by atoms with van der Waals surface area (Å²) in [5.41, 5.74) is 0.374. The van der Waals surface area contributed by atoms with Crippen molar-refractivity contribution in [2.45, 2.75) is 23.8 Å². The number of nitrogens with zero attached hydrogens (tertiary/aromatic N) is 1. The first-order valence-electron chi connectivity index (χ1n) is 5.74. The van der Waals surface area contributed by atoms with Gasteiger partial charge in [-0.3, -0.25) is 4.79 Å². The van der Waals surface area contributed by atoms with Crippen LogP contribution in [0.1, 0.15) is 23.2 Å². The fourth-order valence-electron chi connectivity index (χ4n) is 1.54. The second-order valence-corrected chi connectivity index (χ2v) is 6.34. The standard InChI is InChI=1S/C12H16N2O3S/c1-14(2)12(15)9-4-3-5-11(8-9)18(16,17)13-10-6-7-10/h3-5,8,10,13H,6-7H2,1-2H3. The van der Waals surface area contributed by atoms with Gasteiger partial charge in [0, 0.05) is 25.7 Å². The molecule has 1 N–H and O–H groups in total. The van der Waals surface area contributed by atoms with E-state index in [4.69, 9.17) is 0 Å². The van der Waals surface area contributed by atoms with E-state index in [1.807, 2.05) is 0 Å². The molecule has 1 amide bonds. The van der Waals surface area contributed by atoms with Crippen molar-refractivity contribution in [1.82, 2.24) is 9.62 Å². The zero-order valence-electron chi connectivity index (χ0n) is 10.4. The molecule has 0 radical (unpaired) electrons. The molecule has 0 aliphatic heterocycles. The summed E-state index contributed by atoms with van der Waals surface area (Å²) >= 11 is 0. The molecule has 1 aromatic rings. The van der Waals surface area contributed by atoms with Gasteiger partial charge in [-0.2, -0.15) is 0 Å². The Labute approximate surface area is 107 Å². The van der Waals surface area contributed by atoms with Gasteiger partial charge in [0.05, 0.1) is 4.90 Å². The summed E-state index contributed by atoms with van der Waals surface area (Å²) in [7, 11) is -0.238. The fraction of sp³-hybridized carbons (Fsp3) is 0.417. The molecule has 0 saturated heterocycles. The first-order valence-corrected chi connectivity index (χ1v) is 7.22. The molecule has 1 aromatic carbocycles. The Balaban J connectivity index is 2.28. The monoisotopic (exact) mass is 268 g/mol. The van der Waals surface area contributed by atoms with Crippen molar-refractivity contribution in [3.05, 3.63) is 29.8 Å². The SMILES string of the molecule is CN(C)C(=O)c1cccc(S(=O)(=O)NC2CC2)c1. The Morgan fingerprint density at radius 2 is 2.00 bits per heavy atom. The van der Waals surface area contributed by atoms with E-state index in [0.717, 1.165) is 12.8 Å². The first kappa shape index (κ1) is 13.0. The van der Waals surface area contributed by atoms with Crippen molar-refractivity contribution >= 4 is 15.9 Å². The zero-order valence-corrected chi connectivity index (χ0v) is 11.2. The van der Waals surface area contributed by atoms with Crippen LogP contribution in [0.25, 0.3) is 0 Å². The van der Waals surface area contributed by atoms with Crippen molar-refractivity contribution in [3.8, 4) is 0 Å². The summed E-state index contributed by atoms with van der Waals surface area (Å²) in [4.78, 5) is 13.3. The van der Waals surface area contributed by atoms with Crippen LogP contribution in [0.2, 0.25) is 0 Å². The number of sulfonamides is 1. The third kappa shape index (κ3) is 2.88. The number of hydrogen-bond acceptors (Lipinski definition) is 3. The summed E-state index contributed by atoms with van der Waals surface area (Å²) in [6.07, 6.45) is 1.77. The normalized spacial score (nSPS) is 15.4. The van der Waals surface area contributed by atoms with Crippen molar-refractivity contribution in [1.29, 1.82) is 0 Å². The van der Waals surface area contributed by atoms with E-state index in [1.54, 1.807) is 26.2 Å². The van der Waals surface area contributed by atoms with Gasteiger partial charge in [-0.25, -0.2) is 13.1 Å². The molecular weight excluding hydrogens is 252 g/mol. The smallest absolute Gasteiger partial charge is 0.253 e. The van der Waals surface area contributed by atoms with E-state index < -0.39 is 10.0 Å². The van der Waals surface area contributed by atoms with E-state index in [1.165, 1.54) is 17.0 Å². The fourth-order valence-corrected chi connectivity index (χ4v) is 2.89. The molecule has 1 fully saturated rings. The van der Waals surface area contributed by atoms with Crippen LogP contribution >= 0.6 is 0 Å². The largest absolute Gasteiger partial charge is 0.345 e. The summed E-state index contributed by atoms with van der Waals surface area (Å²) < 4.78 is 26.6. The highest BCUT2D eigenvalue weighted by Gasteiger charge is 2.28. The lowest BCUT2D eigenvalue weighted by Crippen LogP contribution is -2.26. The minimum absolute atomic E-state index is 0.0585. The highest BCUT2D eigenvalue weighted by atomic mass is 32.2. The molecule has 0 atom stereocenters. The maximum absolute atomic E-state index is 12.0. The minimum Gasteiger partial charge on any atom is -0.345 e. The molecule has 0 aromatic heterocycles. The number of amides is 1. The molecule has 5 nitrogen and oxygen atoms in total. The number of hydrogen-bond donors (Lipinski definition) is 1. The molecule has 1 saturated carbocycles. The average molecular weight is 268 g/mol. The van der Waals surface area contributed by atoms with E-state index in [-0.39, 0.29) is 16.8 Å². The van der Waals surface area contributed by atoms with E-state index in [2.05, 4.69) is 4.72 Å². The Hall–Kier alpha value is -1.40. The van der Waals surface area contributed by atoms with Gasteiger partial charge in [0.15, 0.2) is 0 Å². The molecule has 1 aliphatic rings. The van der Waals surface area contributed by atoms with Gasteiger partial charge >= 0.3 is 0 Å². The maximum atomic E-state index is 12.0. The molecular formula is C12H16N2O3S. The molecule has 6 heteroatoms. The highest BCUT2D eigenvalue weighted by molar-refractivity contribution is 7.89. The van der Waals surface area contributed by atoms with Crippen LogP contribution < -0.4 is 4.72 Å². The van der Waals surface area contributed by atoms with Crippen molar-refractivity contribution in [2.75, 3.05) is 14.1 Å². The summed E-state index contributed by atoms with van der Waals surface area (Å²) in [6, 6.07) is 6.16. The predicted octanol–water partition coefficient (Wildman–Crippen LogP) is 0.829. The molecule has 18 heavy (non-hydrogen) atoms. The number of rotatable bonds is 4. The van der Waals surface area contributed by atoms with Gasteiger partial charge in [-0.1, -0.05) is 6.07 Å². The van der Waals surface area contributed by atoms with E-state index in [9.17, 15) is 13.2 Å². The van der Waals surface area contributed by atoms with E-state index in [0.29, 0.717) is 5.56 Å². The van der Waals surface area contributed by atoms with Crippen molar-refractivity contribution in [3.63, 3.8) is 0 Å². The minimum atomic E-state index is -3.50. The average Bonchev–Trinajstić information content (AvgIpc) is 3.11. The van der Waals surface area contributed by atoms with Crippen LogP contribution in [-0.4, -0.2) is 39.4 Å². The number of carbonyl (C=O) groups is 1. The summed E-state index contributed by atoms with van der Waals surface area (Å²) in [6.45, 7) is 0. The third-order valence-electron chi connectivity index (χ3n) is 2.70. The van der Waals surface area contributed by atoms with Crippen molar-refractivity contribution in [2.24, 2.45) is 0 Å². The van der Waals surface area contributed by atoms with Gasteiger partial charge in [0.1, 0.15) is 0 Å². The molecule has 0 bridgehead atoms. The Morgan fingerprint density at radius 3 is 2.56 bits per heavy atom. The topological polar surface area (TPSA) is 66.5 Å². The second-order valence-electron chi connectivity index (χ2n) is 4.62. The highest BCUT2D eigenvalue weighted by Crippen LogP contribution is 2.22. The number of nitrogens with one attached hydrogen (secondary N) is 1. The van der Waals surface area contributed by atoms with Crippen molar-refractivity contribution < 1.29 is 13.2 Å². The molecule has 0 spiro atoms. The van der Waals surface area contributed by atoms with Gasteiger partial charge in [0.2, 0.25) is 10.0 Å². The predicted molar refractivity (Wildman–Crippen MR) is 67.8 cm³/mol. The van der Waals surface area contributed by atoms with Gasteiger partial charge in [-0.05, 0) is 31.0 Å². The quantitative estimate of drug-likeness (QED) is 0.879. The van der Waals surface area contributed by atoms with Crippen LogP contribution in [-0.2, 0) is 10.0 Å². The van der Waals surface area contributed by atoms with Crippen LogP contribution in [0, 0.1) is 0 Å². The second kappa shape index (κ2) is 4.70. The zero-order chi connectivity index (χ0) is 13.3.